The third-order valence-corrected chi connectivity index (χ3v) is 20.2. The average Bonchev–Trinajstić information content (AvgIpc) is 3.95. The normalized spacial score (nSPS) is 20.4. The van der Waals surface area contributed by atoms with E-state index in [0.717, 1.165) is 25.7 Å². The molecule has 1 N–H and O–H groups in total. The number of benzene rings is 2. The Hall–Kier alpha value is -4.58. The van der Waals surface area contributed by atoms with Crippen molar-refractivity contribution < 1.29 is 37.6 Å². The van der Waals surface area contributed by atoms with Crippen LogP contribution < -0.4 is 14.4 Å². The van der Waals surface area contributed by atoms with Gasteiger partial charge in [0.2, 0.25) is 0 Å². The average molecular weight is 870 g/mol. The number of carbonyl (C=O) groups excluding carboxylic acids is 1. The highest BCUT2D eigenvalue weighted by Crippen LogP contribution is 2.48. The Morgan fingerprint density at radius 1 is 0.968 bits per heavy atom. The molecule has 0 radical (unpaired) electrons. The molecule has 3 aliphatic heterocycles. The van der Waals surface area contributed by atoms with Crippen LogP contribution in [0.2, 0.25) is 16.6 Å². The number of aliphatic hydroxyl groups excluding tert-OH is 1. The summed E-state index contributed by atoms with van der Waals surface area (Å²) < 4.78 is 57.8. The van der Waals surface area contributed by atoms with Gasteiger partial charge in [-0.25, -0.2) is 18.6 Å². The van der Waals surface area contributed by atoms with Gasteiger partial charge in [-0.2, -0.15) is 9.97 Å². The second-order valence-corrected chi connectivity index (χ2v) is 25.4. The molecule has 14 heteroatoms. The molecule has 62 heavy (non-hydrogen) atoms. The first-order chi connectivity index (χ1) is 29.4. The van der Waals surface area contributed by atoms with Crippen molar-refractivity contribution in [2.45, 2.75) is 141 Å². The topological polar surface area (TPSA) is 119 Å². The number of aliphatic hydroxyl groups is 1. The summed E-state index contributed by atoms with van der Waals surface area (Å²) in [5.41, 5.74) is 4.68. The summed E-state index contributed by atoms with van der Waals surface area (Å²) in [6.07, 6.45) is 3.89. The number of hydrogen-bond acceptors (Lipinski definition) is 10. The number of methoxy groups -OCH3 is 1. The number of piperazine rings is 1. The molecule has 0 spiro atoms. The van der Waals surface area contributed by atoms with Crippen molar-refractivity contribution in [3.8, 4) is 34.5 Å². The van der Waals surface area contributed by atoms with Crippen molar-refractivity contribution in [3.05, 3.63) is 47.2 Å². The molecule has 8 rings (SSSR count). The lowest BCUT2D eigenvalue weighted by Crippen LogP contribution is -2.62. The van der Waals surface area contributed by atoms with Gasteiger partial charge in [0.15, 0.2) is 12.6 Å². The minimum absolute atomic E-state index is 0.00575. The molecule has 4 aromatic rings. The second-order valence-electron chi connectivity index (χ2n) is 19.9. The van der Waals surface area contributed by atoms with E-state index in [0.29, 0.717) is 75.0 Å². The number of aryl methyl sites for hydroxylation is 1. The number of anilines is 1. The van der Waals surface area contributed by atoms with E-state index in [1.54, 1.807) is 18.2 Å². The highest BCUT2D eigenvalue weighted by Gasteiger charge is 2.51. The van der Waals surface area contributed by atoms with E-state index >= 15 is 8.78 Å². The molecular formula is C48H61F2N5O6Si. The molecule has 1 saturated carbocycles. The van der Waals surface area contributed by atoms with Crippen molar-refractivity contribution in [3.63, 3.8) is 0 Å². The van der Waals surface area contributed by atoms with Gasteiger partial charge in [-0.05, 0) is 99.5 Å². The number of hydrogen-bond donors (Lipinski definition) is 1. The Bertz CT molecular complexity index is 2440. The maximum atomic E-state index is 18.0. The zero-order valence-electron chi connectivity index (χ0n) is 37.8. The molecule has 1 amide bonds. The highest BCUT2D eigenvalue weighted by molar-refractivity contribution is 6.90. The highest BCUT2D eigenvalue weighted by atomic mass is 28.3. The molecule has 3 fully saturated rings. The number of rotatable bonds is 11. The van der Waals surface area contributed by atoms with Gasteiger partial charge in [-0.15, -0.1) is 5.54 Å². The van der Waals surface area contributed by atoms with Crippen molar-refractivity contribution in [1.29, 1.82) is 0 Å². The molecule has 11 nitrogen and oxygen atoms in total. The predicted molar refractivity (Wildman–Crippen MR) is 239 cm³/mol. The van der Waals surface area contributed by atoms with Crippen LogP contribution in [0.1, 0.15) is 106 Å². The number of carbonyl (C=O) groups is 1. The standard InChI is InChI=1S/C48H61F2N5O6Si/c1-27(2)62(28(3)4,29(5)6)20-17-33-35(49)13-11-30-21-32(60-26-58-10)22-34(39(30)33)42-41(50)43-40-36(51-42)14-16-37-38-15-12-31(55(38)46(57)61-47(7,8)9)23-54(37)44(40)53-45(52-43)59-25-48(24-56)18-19-48/h11,13,21-22,27-29,31,37-38,56H,12,14-16,18-19,23-26H2,1-10H3/t31-,37-,38+/m1/s1. The minimum Gasteiger partial charge on any atom is -0.468 e. The molecule has 0 unspecified atom stereocenters. The Kier molecular flexibility index (Phi) is 11.7. The van der Waals surface area contributed by atoms with Gasteiger partial charge in [-0.3, -0.25) is 4.90 Å². The fourth-order valence-electron chi connectivity index (χ4n) is 10.6. The van der Waals surface area contributed by atoms with E-state index in [9.17, 15) is 9.90 Å². The van der Waals surface area contributed by atoms with Crippen LogP contribution in [0.5, 0.6) is 11.8 Å². The van der Waals surface area contributed by atoms with Crippen molar-refractivity contribution >= 4 is 41.7 Å². The third-order valence-electron chi connectivity index (χ3n) is 13.9. The first-order valence-electron chi connectivity index (χ1n) is 22.2. The first kappa shape index (κ1) is 44.0. The maximum Gasteiger partial charge on any atom is 0.410 e. The first-order valence-corrected chi connectivity index (χ1v) is 24.5. The zero-order valence-corrected chi connectivity index (χ0v) is 38.8. The van der Waals surface area contributed by atoms with Gasteiger partial charge in [0.25, 0.3) is 0 Å². The predicted octanol–water partition coefficient (Wildman–Crippen LogP) is 9.73. The van der Waals surface area contributed by atoms with Crippen LogP contribution >= 0.6 is 0 Å². The largest absolute Gasteiger partial charge is 0.468 e. The number of pyridine rings is 1. The lowest BCUT2D eigenvalue weighted by molar-refractivity contribution is 0.00719. The van der Waals surface area contributed by atoms with Crippen LogP contribution in [0.3, 0.4) is 0 Å². The van der Waals surface area contributed by atoms with E-state index in [1.165, 1.54) is 13.2 Å². The monoisotopic (exact) mass is 869 g/mol. The van der Waals surface area contributed by atoms with E-state index in [4.69, 9.17) is 33.9 Å². The number of nitrogens with zero attached hydrogens (tertiary/aromatic N) is 5. The zero-order chi connectivity index (χ0) is 44.5. The van der Waals surface area contributed by atoms with Gasteiger partial charge in [-0.1, -0.05) is 53.5 Å². The fourth-order valence-corrected chi connectivity index (χ4v) is 15.8. The number of aromatic nitrogens is 3. The number of halogens is 2. The maximum absolute atomic E-state index is 18.0. The Morgan fingerprint density at radius 2 is 1.69 bits per heavy atom. The van der Waals surface area contributed by atoms with Crippen LogP contribution in [-0.4, -0.2) is 96.5 Å². The quantitative estimate of drug-likeness (QED) is 0.0887. The summed E-state index contributed by atoms with van der Waals surface area (Å²) in [7, 11) is -0.806. The van der Waals surface area contributed by atoms with Gasteiger partial charge >= 0.3 is 12.1 Å². The SMILES string of the molecule is COCOc1cc(-c2nc3c4c(nc(OCC5(CO)CC5)nc4c2F)N2C[C@H]4CC[C@@H]([C@H]2CC3)N4C(=O)OC(C)(C)C)c2c(C#C[Si](C(C)C)(C(C)C)C(C)C)c(F)ccc2c1. The Labute approximate surface area is 364 Å². The summed E-state index contributed by atoms with van der Waals surface area (Å²) >= 11 is 0. The molecule has 332 valence electrons. The summed E-state index contributed by atoms with van der Waals surface area (Å²) in [5, 5.41) is 11.7. The third kappa shape index (κ3) is 7.76. The van der Waals surface area contributed by atoms with Crippen LogP contribution in [0.25, 0.3) is 32.9 Å². The summed E-state index contributed by atoms with van der Waals surface area (Å²) in [4.78, 5) is 32.7. The van der Waals surface area contributed by atoms with E-state index < -0.39 is 25.3 Å². The summed E-state index contributed by atoms with van der Waals surface area (Å²) in [5.74, 6) is 3.05. The molecule has 5 heterocycles. The number of ether oxygens (including phenoxy) is 4. The van der Waals surface area contributed by atoms with Gasteiger partial charge < -0.3 is 29.0 Å². The summed E-state index contributed by atoms with van der Waals surface area (Å²) in [6, 6.07) is 6.07. The van der Waals surface area contributed by atoms with Crippen LogP contribution in [0, 0.1) is 28.5 Å². The van der Waals surface area contributed by atoms with Gasteiger partial charge in [0, 0.05) is 30.0 Å². The van der Waals surface area contributed by atoms with Crippen molar-refractivity contribution in [2.24, 2.45) is 5.41 Å². The minimum atomic E-state index is -2.33. The number of fused-ring (bicyclic) bond motifs is 6. The number of amides is 1. The van der Waals surface area contributed by atoms with Gasteiger partial charge in [0.1, 0.15) is 42.3 Å². The molecule has 2 aromatic heterocycles. The Balaban J connectivity index is 1.34. The van der Waals surface area contributed by atoms with Crippen LogP contribution in [0.15, 0.2) is 24.3 Å². The lowest BCUT2D eigenvalue weighted by Gasteiger charge is -2.47. The molecule has 2 saturated heterocycles. The van der Waals surface area contributed by atoms with Gasteiger partial charge in [0.05, 0.1) is 48.0 Å². The lowest BCUT2D eigenvalue weighted by atomic mass is 9.95. The molecular weight excluding hydrogens is 809 g/mol. The van der Waals surface area contributed by atoms with Crippen molar-refractivity contribution in [1.82, 2.24) is 19.9 Å². The van der Waals surface area contributed by atoms with Crippen LogP contribution in [0.4, 0.5) is 19.4 Å². The van der Waals surface area contributed by atoms with E-state index in [-0.39, 0.29) is 72.4 Å². The van der Waals surface area contributed by atoms with E-state index in [2.05, 4.69) is 57.9 Å². The Morgan fingerprint density at radius 3 is 2.34 bits per heavy atom. The molecule has 2 bridgehead atoms. The molecule has 4 aliphatic rings. The van der Waals surface area contributed by atoms with E-state index in [1.807, 2.05) is 25.7 Å². The molecule has 1 aliphatic carbocycles. The molecule has 2 aromatic carbocycles. The second kappa shape index (κ2) is 16.5. The summed E-state index contributed by atoms with van der Waals surface area (Å²) in [6.45, 7) is 19.4. The fraction of sp³-hybridized carbons (Fsp3) is 0.583. The van der Waals surface area contributed by atoms with Crippen molar-refractivity contribution in [2.75, 3.05) is 38.6 Å². The smallest absolute Gasteiger partial charge is 0.410 e. The van der Waals surface area contributed by atoms with Crippen LogP contribution in [-0.2, 0) is 15.9 Å². The molecule has 3 atom stereocenters.